The van der Waals surface area contributed by atoms with Gasteiger partial charge in [0, 0.05) is 5.92 Å². The second-order valence-electron chi connectivity index (χ2n) is 7.35. The molecule has 6 heteroatoms. The Morgan fingerprint density at radius 1 is 0.815 bits per heavy atom. The molecule has 0 heterocycles. The minimum absolute atomic E-state index is 0. The maximum Gasteiger partial charge on any atom is 1.00 e. The number of hydrogen-bond acceptors (Lipinski definition) is 4. The maximum atomic E-state index is 10.7. The molecule has 0 saturated carbocycles. The van der Waals surface area contributed by atoms with Crippen molar-refractivity contribution in [1.29, 1.82) is 0 Å². The third kappa shape index (κ3) is 24.6. The third-order valence-corrected chi connectivity index (χ3v) is 5.16. The van der Waals surface area contributed by atoms with Gasteiger partial charge in [0.15, 0.2) is 0 Å². The van der Waals surface area contributed by atoms with E-state index in [2.05, 4.69) is 24.1 Å². The average molecular weight is 413 g/mol. The number of unbranched alkanes of at least 4 members (excludes halogenated alkanes) is 12. The van der Waals surface area contributed by atoms with E-state index in [0.717, 1.165) is 25.7 Å². The predicted molar refractivity (Wildman–Crippen MR) is 109 cm³/mol. The summed E-state index contributed by atoms with van der Waals surface area (Å²) >= 11 is 0. The fourth-order valence-electron chi connectivity index (χ4n) is 3.10. The molecule has 1 atom stereocenters. The molecule has 1 unspecified atom stereocenters. The smallest absolute Gasteiger partial charge is 0.726 e. The van der Waals surface area contributed by atoms with Gasteiger partial charge in [-0.15, -0.1) is 0 Å². The molecule has 0 bridgehead atoms. The average Bonchev–Trinajstić information content (AvgIpc) is 2.59. The first-order valence-corrected chi connectivity index (χ1v) is 12.1. The Balaban J connectivity index is 0. The Morgan fingerprint density at radius 3 is 1.81 bits per heavy atom. The SMILES string of the molecule is CCCCCCCCC/C=C/C(CCCCCCCC)COS(=O)(=O)[O-].[Na+]. The molecular formula is C21H41NaO4S. The maximum absolute atomic E-state index is 10.7. The van der Waals surface area contributed by atoms with Crippen LogP contribution in [0.3, 0.4) is 0 Å². The van der Waals surface area contributed by atoms with E-state index in [-0.39, 0.29) is 42.1 Å². The van der Waals surface area contributed by atoms with Crippen molar-refractivity contribution in [3.63, 3.8) is 0 Å². The number of rotatable bonds is 19. The van der Waals surface area contributed by atoms with Crippen LogP contribution in [-0.2, 0) is 14.6 Å². The van der Waals surface area contributed by atoms with Crippen molar-refractivity contribution in [3.05, 3.63) is 12.2 Å². The van der Waals surface area contributed by atoms with E-state index in [4.69, 9.17) is 0 Å². The topological polar surface area (TPSA) is 66.4 Å². The first-order valence-electron chi connectivity index (χ1n) is 10.8. The van der Waals surface area contributed by atoms with Gasteiger partial charge in [0.05, 0.1) is 6.61 Å². The summed E-state index contributed by atoms with van der Waals surface area (Å²) in [6.07, 6.45) is 22.3. The largest absolute Gasteiger partial charge is 1.00 e. The van der Waals surface area contributed by atoms with Gasteiger partial charge < -0.3 is 4.55 Å². The van der Waals surface area contributed by atoms with Crippen LogP contribution in [0.2, 0.25) is 0 Å². The monoisotopic (exact) mass is 412 g/mol. The molecule has 0 amide bonds. The molecule has 0 fully saturated rings. The molecule has 0 radical (unpaired) electrons. The molecular weight excluding hydrogens is 371 g/mol. The summed E-state index contributed by atoms with van der Waals surface area (Å²) in [6.45, 7) is 4.41. The van der Waals surface area contributed by atoms with Gasteiger partial charge in [-0.1, -0.05) is 103 Å². The Hall–Kier alpha value is 0.610. The molecule has 0 aromatic heterocycles. The van der Waals surface area contributed by atoms with E-state index >= 15 is 0 Å². The van der Waals surface area contributed by atoms with E-state index in [1.807, 2.05) is 6.08 Å². The van der Waals surface area contributed by atoms with Crippen LogP contribution in [0.4, 0.5) is 0 Å². The van der Waals surface area contributed by atoms with Crippen molar-refractivity contribution in [2.75, 3.05) is 6.61 Å². The van der Waals surface area contributed by atoms with Gasteiger partial charge in [-0.05, 0) is 19.3 Å². The molecule has 27 heavy (non-hydrogen) atoms. The number of hydrogen-bond donors (Lipinski definition) is 0. The summed E-state index contributed by atoms with van der Waals surface area (Å²) in [4.78, 5) is 0. The van der Waals surface area contributed by atoms with Crippen LogP contribution in [0.25, 0.3) is 0 Å². The van der Waals surface area contributed by atoms with Gasteiger partial charge in [0.1, 0.15) is 0 Å². The van der Waals surface area contributed by atoms with E-state index < -0.39 is 10.4 Å². The van der Waals surface area contributed by atoms with Crippen LogP contribution in [0.5, 0.6) is 0 Å². The van der Waals surface area contributed by atoms with Crippen LogP contribution in [0.1, 0.15) is 110 Å². The van der Waals surface area contributed by atoms with Crippen molar-refractivity contribution < 1.29 is 46.7 Å². The summed E-state index contributed by atoms with van der Waals surface area (Å²) in [5.74, 6) is 0.0226. The van der Waals surface area contributed by atoms with Crippen molar-refractivity contribution in [1.82, 2.24) is 0 Å². The van der Waals surface area contributed by atoms with Crippen molar-refractivity contribution >= 4 is 10.4 Å². The van der Waals surface area contributed by atoms with E-state index in [1.165, 1.54) is 70.6 Å². The number of allylic oxidation sites excluding steroid dienone is 1. The minimum Gasteiger partial charge on any atom is -0.726 e. The van der Waals surface area contributed by atoms with Crippen LogP contribution in [-0.4, -0.2) is 19.6 Å². The first-order chi connectivity index (χ1) is 12.5. The normalized spacial score (nSPS) is 13.0. The van der Waals surface area contributed by atoms with Gasteiger partial charge in [-0.25, -0.2) is 8.42 Å². The second kappa shape index (κ2) is 21.3. The molecule has 0 aliphatic heterocycles. The minimum atomic E-state index is -4.60. The third-order valence-electron chi connectivity index (χ3n) is 4.74. The van der Waals surface area contributed by atoms with Crippen molar-refractivity contribution in [2.45, 2.75) is 110 Å². The fraction of sp³-hybridized carbons (Fsp3) is 0.905. The van der Waals surface area contributed by atoms with Gasteiger partial charge in [0.25, 0.3) is 0 Å². The van der Waals surface area contributed by atoms with E-state index in [0.29, 0.717) is 0 Å². The molecule has 0 aromatic rings. The van der Waals surface area contributed by atoms with Crippen molar-refractivity contribution in [3.8, 4) is 0 Å². The standard InChI is InChI=1S/C21H42O4S.Na/c1-3-5-7-9-11-12-13-15-17-19-21(20-25-26(22,23)24)18-16-14-10-8-6-4-2;/h17,19,21H,3-16,18,20H2,1-2H3,(H,22,23,24);/q;+1/p-1/b19-17+;. The van der Waals surface area contributed by atoms with Crippen LogP contribution >= 0.6 is 0 Å². The second-order valence-corrected chi connectivity index (χ2v) is 8.40. The molecule has 156 valence electrons. The molecule has 0 rings (SSSR count). The van der Waals surface area contributed by atoms with Gasteiger partial charge in [-0.2, -0.15) is 0 Å². The molecule has 0 saturated heterocycles. The Kier molecular flexibility index (Phi) is 23.5. The van der Waals surface area contributed by atoms with Crippen LogP contribution in [0.15, 0.2) is 12.2 Å². The molecule has 0 aliphatic carbocycles. The van der Waals surface area contributed by atoms with Crippen molar-refractivity contribution in [2.24, 2.45) is 5.92 Å². The fourth-order valence-corrected chi connectivity index (χ4v) is 3.44. The molecule has 0 N–H and O–H groups in total. The quantitative estimate of drug-likeness (QED) is 0.107. The van der Waals surface area contributed by atoms with E-state index in [9.17, 15) is 13.0 Å². The van der Waals surface area contributed by atoms with Gasteiger partial charge in [-0.3, -0.25) is 4.18 Å². The van der Waals surface area contributed by atoms with Crippen LogP contribution < -0.4 is 29.6 Å². The van der Waals surface area contributed by atoms with Gasteiger partial charge in [0.2, 0.25) is 10.4 Å². The zero-order valence-electron chi connectivity index (χ0n) is 18.1. The van der Waals surface area contributed by atoms with Crippen LogP contribution in [0, 0.1) is 5.92 Å². The zero-order valence-corrected chi connectivity index (χ0v) is 20.9. The first kappa shape index (κ1) is 29.8. The summed E-state index contributed by atoms with van der Waals surface area (Å²) in [6, 6.07) is 0. The predicted octanol–water partition coefficient (Wildman–Crippen LogP) is 3.53. The Morgan fingerprint density at radius 2 is 1.30 bits per heavy atom. The summed E-state index contributed by atoms with van der Waals surface area (Å²) in [5, 5.41) is 0. The molecule has 0 aromatic carbocycles. The van der Waals surface area contributed by atoms with E-state index in [1.54, 1.807) is 0 Å². The Labute approximate surface area is 191 Å². The summed E-state index contributed by atoms with van der Waals surface area (Å²) < 4.78 is 36.6. The Bertz CT molecular complexity index is 424. The molecule has 0 aliphatic rings. The zero-order chi connectivity index (χ0) is 19.5. The molecule has 0 spiro atoms. The molecule has 4 nitrogen and oxygen atoms in total. The van der Waals surface area contributed by atoms with Gasteiger partial charge >= 0.3 is 29.6 Å². The summed E-state index contributed by atoms with van der Waals surface area (Å²) in [5.41, 5.74) is 0. The summed E-state index contributed by atoms with van der Waals surface area (Å²) in [7, 11) is -4.60.